The van der Waals surface area contributed by atoms with Gasteiger partial charge in [0.1, 0.15) is 11.6 Å². The van der Waals surface area contributed by atoms with Crippen LogP contribution in [0.15, 0.2) is 35.0 Å². The zero-order chi connectivity index (χ0) is 18.1. The van der Waals surface area contributed by atoms with E-state index >= 15 is 0 Å². The van der Waals surface area contributed by atoms with Gasteiger partial charge < -0.3 is 9.42 Å². The van der Waals surface area contributed by atoms with E-state index < -0.39 is 0 Å². The molecule has 0 bridgehead atoms. The molecule has 1 aliphatic heterocycles. The van der Waals surface area contributed by atoms with Gasteiger partial charge in [0.05, 0.1) is 17.3 Å². The summed E-state index contributed by atoms with van der Waals surface area (Å²) < 4.78 is 18.6. The largest absolute Gasteiger partial charge is 0.354 e. The number of hydrogen-bond acceptors (Lipinski definition) is 6. The fourth-order valence-electron chi connectivity index (χ4n) is 3.31. The molecule has 0 amide bonds. The SMILES string of the molecule is Cc1cnc(C)c(N2CCCC(c3nc(-c4ccc(F)cc4)no3)C2)n1. The molecule has 2 aromatic heterocycles. The highest BCUT2D eigenvalue weighted by atomic mass is 19.1. The Morgan fingerprint density at radius 1 is 1.15 bits per heavy atom. The van der Waals surface area contributed by atoms with Gasteiger partial charge in [0.2, 0.25) is 11.7 Å². The predicted octanol–water partition coefficient (Wildman–Crippen LogP) is 3.67. The Hall–Kier alpha value is -2.83. The normalized spacial score (nSPS) is 17.5. The van der Waals surface area contributed by atoms with E-state index in [1.807, 2.05) is 13.8 Å². The average molecular weight is 353 g/mol. The number of anilines is 1. The van der Waals surface area contributed by atoms with Crippen molar-refractivity contribution in [1.29, 1.82) is 0 Å². The van der Waals surface area contributed by atoms with Crippen molar-refractivity contribution in [3.63, 3.8) is 0 Å². The van der Waals surface area contributed by atoms with Crippen LogP contribution in [0.3, 0.4) is 0 Å². The molecule has 1 unspecified atom stereocenters. The van der Waals surface area contributed by atoms with Crippen molar-refractivity contribution < 1.29 is 8.91 Å². The van der Waals surface area contributed by atoms with Crippen LogP contribution in [0.25, 0.3) is 11.4 Å². The summed E-state index contributed by atoms with van der Waals surface area (Å²) in [6.07, 6.45) is 3.79. The summed E-state index contributed by atoms with van der Waals surface area (Å²) >= 11 is 0. The molecule has 1 atom stereocenters. The van der Waals surface area contributed by atoms with Crippen molar-refractivity contribution in [2.75, 3.05) is 18.0 Å². The molecule has 0 spiro atoms. The topological polar surface area (TPSA) is 67.9 Å². The van der Waals surface area contributed by atoms with Gasteiger partial charge in [0.25, 0.3) is 0 Å². The third kappa shape index (κ3) is 3.29. The number of aromatic nitrogens is 4. The maximum atomic E-state index is 13.1. The fourth-order valence-corrected chi connectivity index (χ4v) is 3.31. The zero-order valence-electron chi connectivity index (χ0n) is 14.8. The Morgan fingerprint density at radius 2 is 1.96 bits per heavy atom. The van der Waals surface area contributed by atoms with Gasteiger partial charge in [0.15, 0.2) is 0 Å². The number of hydrogen-bond donors (Lipinski definition) is 0. The van der Waals surface area contributed by atoms with E-state index in [9.17, 15) is 4.39 Å². The van der Waals surface area contributed by atoms with Crippen molar-refractivity contribution >= 4 is 5.82 Å². The first-order valence-electron chi connectivity index (χ1n) is 8.75. The van der Waals surface area contributed by atoms with Crippen LogP contribution in [-0.2, 0) is 0 Å². The Balaban J connectivity index is 1.55. The summed E-state index contributed by atoms with van der Waals surface area (Å²) in [5, 5.41) is 4.07. The summed E-state index contributed by atoms with van der Waals surface area (Å²) in [7, 11) is 0. The quantitative estimate of drug-likeness (QED) is 0.716. The summed E-state index contributed by atoms with van der Waals surface area (Å²) in [5.74, 6) is 1.89. The van der Waals surface area contributed by atoms with Crippen LogP contribution in [-0.4, -0.2) is 33.2 Å². The van der Waals surface area contributed by atoms with Crippen molar-refractivity contribution in [2.45, 2.75) is 32.6 Å². The fraction of sp³-hybridized carbons (Fsp3) is 0.368. The van der Waals surface area contributed by atoms with Crippen LogP contribution in [0, 0.1) is 19.7 Å². The summed E-state index contributed by atoms with van der Waals surface area (Å²) in [4.78, 5) is 15.8. The molecule has 0 aliphatic carbocycles. The van der Waals surface area contributed by atoms with E-state index in [1.54, 1.807) is 18.3 Å². The van der Waals surface area contributed by atoms with Crippen LogP contribution in [0.1, 0.15) is 36.0 Å². The first-order valence-corrected chi connectivity index (χ1v) is 8.75. The van der Waals surface area contributed by atoms with Crippen LogP contribution < -0.4 is 4.90 Å². The zero-order valence-corrected chi connectivity index (χ0v) is 14.8. The molecule has 0 radical (unpaired) electrons. The van der Waals surface area contributed by atoms with Gasteiger partial charge in [-0.25, -0.2) is 9.37 Å². The van der Waals surface area contributed by atoms with Gasteiger partial charge in [-0.1, -0.05) is 5.16 Å². The van der Waals surface area contributed by atoms with Gasteiger partial charge in [-0.05, 0) is 51.0 Å². The van der Waals surface area contributed by atoms with Gasteiger partial charge in [0, 0.05) is 24.8 Å². The monoisotopic (exact) mass is 353 g/mol. The second-order valence-corrected chi connectivity index (χ2v) is 6.67. The van der Waals surface area contributed by atoms with Crippen LogP contribution in [0.2, 0.25) is 0 Å². The molecule has 0 N–H and O–H groups in total. The number of halogens is 1. The average Bonchev–Trinajstić information content (AvgIpc) is 3.15. The maximum Gasteiger partial charge on any atom is 0.231 e. The van der Waals surface area contributed by atoms with Crippen molar-refractivity contribution in [1.82, 2.24) is 20.1 Å². The lowest BCUT2D eigenvalue weighted by atomic mass is 9.98. The number of benzene rings is 1. The van der Waals surface area contributed by atoms with Crippen LogP contribution in [0.4, 0.5) is 10.2 Å². The third-order valence-corrected chi connectivity index (χ3v) is 4.67. The van der Waals surface area contributed by atoms with Gasteiger partial charge in [-0.3, -0.25) is 4.98 Å². The molecular weight excluding hydrogens is 333 g/mol. The first-order chi connectivity index (χ1) is 12.6. The van der Waals surface area contributed by atoms with Gasteiger partial charge in [-0.2, -0.15) is 4.98 Å². The van der Waals surface area contributed by atoms with Crippen LogP contribution in [0.5, 0.6) is 0 Å². The maximum absolute atomic E-state index is 13.1. The molecule has 4 rings (SSSR count). The molecular formula is C19H20FN5O. The molecule has 6 nitrogen and oxygen atoms in total. The molecule has 26 heavy (non-hydrogen) atoms. The minimum Gasteiger partial charge on any atom is -0.354 e. The van der Waals surface area contributed by atoms with E-state index in [1.165, 1.54) is 12.1 Å². The number of piperidine rings is 1. The Labute approximate surface area is 151 Å². The molecule has 0 saturated carbocycles. The molecule has 1 aliphatic rings. The summed E-state index contributed by atoms with van der Waals surface area (Å²) in [5.41, 5.74) is 2.58. The number of aryl methyl sites for hydroxylation is 2. The second-order valence-electron chi connectivity index (χ2n) is 6.67. The van der Waals surface area contributed by atoms with Crippen LogP contribution >= 0.6 is 0 Å². The van der Waals surface area contributed by atoms with Gasteiger partial charge >= 0.3 is 0 Å². The number of nitrogens with zero attached hydrogens (tertiary/aromatic N) is 5. The predicted molar refractivity (Wildman–Crippen MR) is 95.4 cm³/mol. The highest BCUT2D eigenvalue weighted by molar-refractivity contribution is 5.54. The third-order valence-electron chi connectivity index (χ3n) is 4.67. The lowest BCUT2D eigenvalue weighted by Crippen LogP contribution is -2.35. The minimum absolute atomic E-state index is 0.146. The molecule has 3 aromatic rings. The van der Waals surface area contributed by atoms with Crippen molar-refractivity contribution in [3.05, 3.63) is 53.6 Å². The minimum atomic E-state index is -0.282. The van der Waals surface area contributed by atoms with E-state index in [0.717, 1.165) is 48.7 Å². The Kier molecular flexibility index (Phi) is 4.36. The highest BCUT2D eigenvalue weighted by Crippen LogP contribution is 2.30. The van der Waals surface area contributed by atoms with E-state index in [0.29, 0.717) is 11.7 Å². The second kappa shape index (κ2) is 6.82. The lowest BCUT2D eigenvalue weighted by molar-refractivity contribution is 0.333. The van der Waals surface area contributed by atoms with Gasteiger partial charge in [-0.15, -0.1) is 0 Å². The lowest BCUT2D eigenvalue weighted by Gasteiger charge is -2.32. The smallest absolute Gasteiger partial charge is 0.231 e. The Bertz CT molecular complexity index is 909. The molecule has 1 fully saturated rings. The molecule has 3 heterocycles. The Morgan fingerprint density at radius 3 is 2.77 bits per heavy atom. The molecule has 1 saturated heterocycles. The standard InChI is InChI=1S/C19H20FN5O/c1-12-10-21-13(2)18(22-12)25-9-3-4-15(11-25)19-23-17(24-26-19)14-5-7-16(20)8-6-14/h5-8,10,15H,3-4,9,11H2,1-2H3. The molecule has 1 aromatic carbocycles. The number of rotatable bonds is 3. The highest BCUT2D eigenvalue weighted by Gasteiger charge is 2.28. The summed E-state index contributed by atoms with van der Waals surface area (Å²) in [6, 6.07) is 6.10. The van der Waals surface area contributed by atoms with E-state index in [2.05, 4.69) is 25.0 Å². The molecule has 134 valence electrons. The summed E-state index contributed by atoms with van der Waals surface area (Å²) in [6.45, 7) is 5.63. The molecule has 7 heteroatoms. The van der Waals surface area contributed by atoms with Crippen molar-refractivity contribution in [3.8, 4) is 11.4 Å². The van der Waals surface area contributed by atoms with Crippen molar-refractivity contribution in [2.24, 2.45) is 0 Å². The first kappa shape index (κ1) is 16.6. The van der Waals surface area contributed by atoms with E-state index in [-0.39, 0.29) is 11.7 Å². The van der Waals surface area contributed by atoms with E-state index in [4.69, 9.17) is 4.52 Å².